The summed E-state index contributed by atoms with van der Waals surface area (Å²) in [6, 6.07) is 2.99. The maximum absolute atomic E-state index is 11.8. The van der Waals surface area contributed by atoms with Gasteiger partial charge in [-0.05, 0) is 12.1 Å². The van der Waals surface area contributed by atoms with Gasteiger partial charge in [-0.15, -0.1) is 0 Å². The molecule has 1 aromatic heterocycles. The van der Waals surface area contributed by atoms with Crippen LogP contribution in [0.25, 0.3) is 0 Å². The number of halogens is 3. The van der Waals surface area contributed by atoms with Gasteiger partial charge in [-0.1, -0.05) is 0 Å². The largest absolute Gasteiger partial charge is 0.407 e. The van der Waals surface area contributed by atoms with Gasteiger partial charge in [0, 0.05) is 24.9 Å². The average molecular weight is 245 g/mol. The first-order valence-electron chi connectivity index (χ1n) is 4.67. The molecule has 0 atom stereocenters. The van der Waals surface area contributed by atoms with E-state index in [4.69, 9.17) is 0 Å². The van der Waals surface area contributed by atoms with Crippen molar-refractivity contribution in [3.05, 3.63) is 23.9 Å². The fourth-order valence-corrected chi connectivity index (χ4v) is 0.991. The third-order valence-corrected chi connectivity index (χ3v) is 1.60. The highest BCUT2D eigenvalue weighted by Crippen LogP contribution is 2.14. The maximum Gasteiger partial charge on any atom is 0.407 e. The molecule has 1 aromatic rings. The first-order valence-corrected chi connectivity index (χ1v) is 4.67. The van der Waals surface area contributed by atoms with Gasteiger partial charge in [0.2, 0.25) is 5.91 Å². The van der Waals surface area contributed by atoms with Crippen molar-refractivity contribution >= 4 is 17.9 Å². The molecule has 4 nitrogen and oxygen atoms in total. The normalized spacial score (nSPS) is 11.8. The smallest absolute Gasteiger partial charge is 0.311 e. The highest BCUT2D eigenvalue weighted by molar-refractivity contribution is 5.88. The van der Waals surface area contributed by atoms with E-state index in [-0.39, 0.29) is 5.91 Å². The van der Waals surface area contributed by atoms with Crippen LogP contribution in [0.15, 0.2) is 23.3 Å². The summed E-state index contributed by atoms with van der Waals surface area (Å²) in [4.78, 5) is 17.7. The van der Waals surface area contributed by atoms with E-state index in [1.54, 1.807) is 0 Å². The lowest BCUT2D eigenvalue weighted by Crippen LogP contribution is -2.12. The molecule has 0 fully saturated rings. The Bertz CT molecular complexity index is 412. The van der Waals surface area contributed by atoms with Gasteiger partial charge >= 0.3 is 6.18 Å². The van der Waals surface area contributed by atoms with Crippen LogP contribution in [0, 0.1) is 0 Å². The molecule has 0 saturated carbocycles. The zero-order chi connectivity index (χ0) is 12.9. The molecule has 0 unspecified atom stereocenters. The maximum atomic E-state index is 11.8. The summed E-state index contributed by atoms with van der Waals surface area (Å²) >= 11 is 0. The minimum absolute atomic E-state index is 0.268. The lowest BCUT2D eigenvalue weighted by Gasteiger charge is -2.01. The van der Waals surface area contributed by atoms with Crippen LogP contribution < -0.4 is 5.32 Å². The first-order chi connectivity index (χ1) is 7.87. The predicted molar refractivity (Wildman–Crippen MR) is 57.1 cm³/mol. The van der Waals surface area contributed by atoms with Gasteiger partial charge in [0.25, 0.3) is 0 Å². The monoisotopic (exact) mass is 245 g/mol. The number of alkyl halides is 3. The zero-order valence-electron chi connectivity index (χ0n) is 8.95. The van der Waals surface area contributed by atoms with E-state index in [2.05, 4.69) is 15.3 Å². The standard InChI is InChI=1S/C10H10F3N3O/c1-7(17)16-9-3-2-8(5-15-9)4-14-6-10(11,12)13/h2-5H,6H2,1H3,(H,15,16,17)/b14-4+. The van der Waals surface area contributed by atoms with Crippen molar-refractivity contribution in [1.29, 1.82) is 0 Å². The van der Waals surface area contributed by atoms with Crippen molar-refractivity contribution in [2.75, 3.05) is 11.9 Å². The summed E-state index contributed by atoms with van der Waals surface area (Å²) in [7, 11) is 0. The number of anilines is 1. The molecular formula is C10H10F3N3O. The fourth-order valence-electron chi connectivity index (χ4n) is 0.991. The Morgan fingerprint density at radius 2 is 2.24 bits per heavy atom. The molecule has 0 aromatic carbocycles. The van der Waals surface area contributed by atoms with E-state index >= 15 is 0 Å². The zero-order valence-corrected chi connectivity index (χ0v) is 8.95. The number of hydrogen-bond acceptors (Lipinski definition) is 3. The molecule has 92 valence electrons. The van der Waals surface area contributed by atoms with Crippen molar-refractivity contribution in [2.24, 2.45) is 4.99 Å². The van der Waals surface area contributed by atoms with Gasteiger partial charge in [-0.3, -0.25) is 9.79 Å². The number of rotatable bonds is 3. The summed E-state index contributed by atoms with van der Waals surface area (Å²) in [6.07, 6.45) is -1.90. The SMILES string of the molecule is CC(=O)Nc1ccc(/C=N/CC(F)(F)F)cn1. The Balaban J connectivity index is 2.59. The van der Waals surface area contributed by atoms with E-state index in [1.165, 1.54) is 25.3 Å². The second-order valence-corrected chi connectivity index (χ2v) is 3.24. The highest BCUT2D eigenvalue weighted by atomic mass is 19.4. The summed E-state index contributed by atoms with van der Waals surface area (Å²) in [5.74, 6) is 0.0708. The van der Waals surface area contributed by atoms with Crippen LogP contribution in [0.5, 0.6) is 0 Å². The number of pyridine rings is 1. The Kier molecular flexibility index (Phi) is 4.19. The van der Waals surface area contributed by atoms with Crippen molar-refractivity contribution < 1.29 is 18.0 Å². The van der Waals surface area contributed by atoms with Crippen LogP contribution >= 0.6 is 0 Å². The molecule has 0 aliphatic carbocycles. The van der Waals surface area contributed by atoms with Crippen molar-refractivity contribution in [2.45, 2.75) is 13.1 Å². The molecule has 7 heteroatoms. The first kappa shape index (κ1) is 13.1. The van der Waals surface area contributed by atoms with E-state index in [0.717, 1.165) is 6.21 Å². The predicted octanol–water partition coefficient (Wildman–Crippen LogP) is 2.02. The van der Waals surface area contributed by atoms with Crippen LogP contribution in [-0.2, 0) is 4.79 Å². The van der Waals surface area contributed by atoms with E-state index in [1.807, 2.05) is 0 Å². The number of nitrogens with zero attached hydrogens (tertiary/aromatic N) is 2. The third kappa shape index (κ3) is 5.64. The van der Waals surface area contributed by atoms with Crippen LogP contribution in [0.2, 0.25) is 0 Å². The minimum atomic E-state index is -4.31. The van der Waals surface area contributed by atoms with E-state index in [0.29, 0.717) is 11.4 Å². The van der Waals surface area contributed by atoms with E-state index < -0.39 is 12.7 Å². The van der Waals surface area contributed by atoms with Gasteiger partial charge in [0.15, 0.2) is 0 Å². The Labute approximate surface area is 95.6 Å². The molecule has 0 aliphatic rings. The molecule has 0 spiro atoms. The lowest BCUT2D eigenvalue weighted by atomic mass is 10.3. The fraction of sp³-hybridized carbons (Fsp3) is 0.300. The molecule has 1 N–H and O–H groups in total. The number of aliphatic imine (C=N–C) groups is 1. The van der Waals surface area contributed by atoms with E-state index in [9.17, 15) is 18.0 Å². The Hall–Kier alpha value is -1.92. The number of hydrogen-bond donors (Lipinski definition) is 1. The number of amides is 1. The third-order valence-electron chi connectivity index (χ3n) is 1.60. The molecular weight excluding hydrogens is 235 g/mol. The molecule has 1 rings (SSSR count). The number of aromatic nitrogens is 1. The van der Waals surface area contributed by atoms with Crippen molar-refractivity contribution in [3.63, 3.8) is 0 Å². The van der Waals surface area contributed by atoms with Gasteiger partial charge in [0.1, 0.15) is 12.4 Å². The second kappa shape index (κ2) is 5.42. The minimum Gasteiger partial charge on any atom is -0.311 e. The van der Waals surface area contributed by atoms with Crippen LogP contribution in [-0.4, -0.2) is 29.8 Å². The van der Waals surface area contributed by atoms with Gasteiger partial charge in [-0.25, -0.2) is 4.98 Å². The quantitative estimate of drug-likeness (QED) is 0.828. The molecule has 0 aliphatic heterocycles. The van der Waals surface area contributed by atoms with Gasteiger partial charge in [-0.2, -0.15) is 13.2 Å². The van der Waals surface area contributed by atoms with Crippen LogP contribution in [0.1, 0.15) is 12.5 Å². The Morgan fingerprint density at radius 1 is 1.53 bits per heavy atom. The van der Waals surface area contributed by atoms with Crippen LogP contribution in [0.4, 0.5) is 19.0 Å². The second-order valence-electron chi connectivity index (χ2n) is 3.24. The summed E-state index contributed by atoms with van der Waals surface area (Å²) < 4.78 is 35.4. The number of nitrogens with one attached hydrogen (secondary N) is 1. The van der Waals surface area contributed by atoms with Crippen LogP contribution in [0.3, 0.4) is 0 Å². The molecule has 0 bridgehead atoms. The number of carbonyl (C=O) groups excluding carboxylic acids is 1. The molecule has 1 heterocycles. The lowest BCUT2D eigenvalue weighted by molar-refractivity contribution is -0.118. The molecule has 1 amide bonds. The molecule has 17 heavy (non-hydrogen) atoms. The van der Waals surface area contributed by atoms with Crippen molar-refractivity contribution in [1.82, 2.24) is 4.98 Å². The number of carbonyl (C=O) groups is 1. The van der Waals surface area contributed by atoms with Gasteiger partial charge < -0.3 is 5.32 Å². The summed E-state index contributed by atoms with van der Waals surface area (Å²) in [5, 5.41) is 2.44. The van der Waals surface area contributed by atoms with Gasteiger partial charge in [0.05, 0.1) is 0 Å². The topological polar surface area (TPSA) is 54.4 Å². The highest BCUT2D eigenvalue weighted by Gasteiger charge is 2.25. The average Bonchev–Trinajstić information content (AvgIpc) is 2.18. The van der Waals surface area contributed by atoms with Crippen molar-refractivity contribution in [3.8, 4) is 0 Å². The molecule has 0 saturated heterocycles. The Morgan fingerprint density at radius 3 is 2.71 bits per heavy atom. The summed E-state index contributed by atoms with van der Waals surface area (Å²) in [6.45, 7) is 0.112. The molecule has 0 radical (unpaired) electrons. The summed E-state index contributed by atoms with van der Waals surface area (Å²) in [5.41, 5.74) is 0.434.